The second-order valence-corrected chi connectivity index (χ2v) is 6.46. The Morgan fingerprint density at radius 3 is 2.48 bits per heavy atom. The van der Waals surface area contributed by atoms with Crippen molar-refractivity contribution in [2.24, 2.45) is 10.9 Å². The van der Waals surface area contributed by atoms with Crippen molar-refractivity contribution in [3.8, 4) is 11.5 Å². The summed E-state index contributed by atoms with van der Waals surface area (Å²) in [7, 11) is 4.73. The Hall–Kier alpha value is -2.44. The summed E-state index contributed by atoms with van der Waals surface area (Å²) in [5.41, 5.74) is 1.15. The van der Waals surface area contributed by atoms with Gasteiger partial charge in [-0.05, 0) is 43.9 Å². The minimum Gasteiger partial charge on any atom is -0.493 e. The van der Waals surface area contributed by atoms with Gasteiger partial charge in [-0.1, -0.05) is 6.07 Å². The Balaban J connectivity index is 1.95. The van der Waals surface area contributed by atoms with Crippen LogP contribution in [0.25, 0.3) is 0 Å². The number of nitrogens with one attached hydrogen (secondary N) is 1. The molecule has 0 spiro atoms. The molecule has 1 aromatic carbocycles. The Morgan fingerprint density at radius 2 is 1.89 bits per heavy atom. The van der Waals surface area contributed by atoms with Crippen molar-refractivity contribution in [2.75, 3.05) is 47.5 Å². The van der Waals surface area contributed by atoms with Gasteiger partial charge in [-0.3, -0.25) is 9.79 Å². The van der Waals surface area contributed by atoms with E-state index in [1.807, 2.05) is 18.2 Å². The standard InChI is InChI=1S/C20H31N3O4/c1-5-21-20(23-12-9-16(10-13-23)19(24)27-4)22-11-8-15-6-7-17(25-2)18(14-15)26-3/h6-7,14,16H,5,8-13H2,1-4H3,(H,21,22). The predicted molar refractivity (Wildman–Crippen MR) is 106 cm³/mol. The summed E-state index contributed by atoms with van der Waals surface area (Å²) >= 11 is 0. The summed E-state index contributed by atoms with van der Waals surface area (Å²) in [6.45, 7) is 5.16. The average Bonchev–Trinajstić information content (AvgIpc) is 2.72. The second-order valence-electron chi connectivity index (χ2n) is 6.46. The van der Waals surface area contributed by atoms with Crippen molar-refractivity contribution in [1.29, 1.82) is 0 Å². The lowest BCUT2D eigenvalue weighted by Crippen LogP contribution is -2.46. The molecule has 7 heteroatoms. The summed E-state index contributed by atoms with van der Waals surface area (Å²) in [5.74, 6) is 2.26. The Labute approximate surface area is 161 Å². The molecule has 0 unspecified atom stereocenters. The highest BCUT2D eigenvalue weighted by Gasteiger charge is 2.26. The highest BCUT2D eigenvalue weighted by atomic mass is 16.5. The van der Waals surface area contributed by atoms with Gasteiger partial charge in [-0.2, -0.15) is 0 Å². The first-order valence-corrected chi connectivity index (χ1v) is 9.44. The third-order valence-electron chi connectivity index (χ3n) is 4.77. The van der Waals surface area contributed by atoms with E-state index in [1.165, 1.54) is 7.11 Å². The molecular weight excluding hydrogens is 346 g/mol. The van der Waals surface area contributed by atoms with E-state index in [1.54, 1.807) is 14.2 Å². The van der Waals surface area contributed by atoms with Gasteiger partial charge in [-0.15, -0.1) is 0 Å². The number of carbonyl (C=O) groups excluding carboxylic acids is 1. The van der Waals surface area contributed by atoms with E-state index in [4.69, 9.17) is 19.2 Å². The Bertz CT molecular complexity index is 640. The van der Waals surface area contributed by atoms with E-state index < -0.39 is 0 Å². The number of esters is 1. The molecule has 1 aromatic rings. The molecule has 1 heterocycles. The first-order valence-electron chi connectivity index (χ1n) is 9.44. The van der Waals surface area contributed by atoms with Crippen molar-refractivity contribution >= 4 is 11.9 Å². The van der Waals surface area contributed by atoms with Gasteiger partial charge in [0, 0.05) is 26.2 Å². The monoisotopic (exact) mass is 377 g/mol. The van der Waals surface area contributed by atoms with Crippen LogP contribution in [0.15, 0.2) is 23.2 Å². The number of carbonyl (C=O) groups is 1. The molecule has 0 bridgehead atoms. The maximum absolute atomic E-state index is 11.7. The first-order chi connectivity index (χ1) is 13.1. The molecule has 150 valence electrons. The van der Waals surface area contributed by atoms with Gasteiger partial charge >= 0.3 is 5.97 Å². The number of guanidine groups is 1. The number of ether oxygens (including phenoxy) is 3. The minimum absolute atomic E-state index is 0.000825. The zero-order chi connectivity index (χ0) is 19.6. The fourth-order valence-corrected chi connectivity index (χ4v) is 3.25. The maximum Gasteiger partial charge on any atom is 0.308 e. The van der Waals surface area contributed by atoms with E-state index in [2.05, 4.69) is 17.1 Å². The number of likely N-dealkylation sites (tertiary alicyclic amines) is 1. The van der Waals surface area contributed by atoms with Gasteiger partial charge in [-0.25, -0.2) is 0 Å². The van der Waals surface area contributed by atoms with Crippen LogP contribution >= 0.6 is 0 Å². The van der Waals surface area contributed by atoms with E-state index in [0.29, 0.717) is 6.54 Å². The topological polar surface area (TPSA) is 72.4 Å². The third kappa shape index (κ3) is 5.77. The van der Waals surface area contributed by atoms with Gasteiger partial charge in [0.05, 0.1) is 27.2 Å². The number of nitrogens with zero attached hydrogens (tertiary/aromatic N) is 2. The van der Waals surface area contributed by atoms with Crippen LogP contribution in [0.4, 0.5) is 0 Å². The molecule has 0 radical (unpaired) electrons. The van der Waals surface area contributed by atoms with E-state index >= 15 is 0 Å². The van der Waals surface area contributed by atoms with Crippen LogP contribution in [-0.2, 0) is 16.0 Å². The first kappa shape index (κ1) is 20.9. The normalized spacial score (nSPS) is 15.4. The SMILES string of the molecule is CCNC(=NCCc1ccc(OC)c(OC)c1)N1CCC(C(=O)OC)CC1. The lowest BCUT2D eigenvalue weighted by Gasteiger charge is -2.33. The number of benzene rings is 1. The van der Waals surface area contributed by atoms with Crippen molar-refractivity contribution < 1.29 is 19.0 Å². The molecule has 1 N–H and O–H groups in total. The molecule has 1 aliphatic heterocycles. The van der Waals surface area contributed by atoms with Crippen LogP contribution < -0.4 is 14.8 Å². The molecule has 1 saturated heterocycles. The van der Waals surface area contributed by atoms with E-state index in [-0.39, 0.29) is 11.9 Å². The summed E-state index contributed by atoms with van der Waals surface area (Å²) in [5, 5.41) is 3.35. The van der Waals surface area contributed by atoms with E-state index in [0.717, 1.165) is 61.9 Å². The van der Waals surface area contributed by atoms with Gasteiger partial charge in [0.25, 0.3) is 0 Å². The number of aliphatic imine (C=N–C) groups is 1. The maximum atomic E-state index is 11.7. The minimum atomic E-state index is -0.106. The molecule has 1 aliphatic rings. The number of hydrogen-bond donors (Lipinski definition) is 1. The molecular formula is C20H31N3O4. The van der Waals surface area contributed by atoms with Crippen molar-refractivity contribution in [3.05, 3.63) is 23.8 Å². The number of rotatable bonds is 7. The quantitative estimate of drug-likeness (QED) is 0.446. The van der Waals surface area contributed by atoms with Crippen molar-refractivity contribution in [3.63, 3.8) is 0 Å². The number of hydrogen-bond acceptors (Lipinski definition) is 5. The van der Waals surface area contributed by atoms with Gasteiger partial charge in [0.15, 0.2) is 17.5 Å². The molecule has 2 rings (SSSR count). The van der Waals surface area contributed by atoms with Crippen LogP contribution in [0.2, 0.25) is 0 Å². The summed E-state index contributed by atoms with van der Waals surface area (Å²) in [4.78, 5) is 18.7. The van der Waals surface area contributed by atoms with Crippen LogP contribution in [0.1, 0.15) is 25.3 Å². The summed E-state index contributed by atoms with van der Waals surface area (Å²) < 4.78 is 15.5. The smallest absolute Gasteiger partial charge is 0.308 e. The summed E-state index contributed by atoms with van der Waals surface area (Å²) in [6, 6.07) is 5.94. The van der Waals surface area contributed by atoms with Crippen LogP contribution in [0.3, 0.4) is 0 Å². The molecule has 0 saturated carbocycles. The zero-order valence-electron chi connectivity index (χ0n) is 16.8. The highest BCUT2D eigenvalue weighted by Crippen LogP contribution is 2.27. The molecule has 1 fully saturated rings. The molecule has 7 nitrogen and oxygen atoms in total. The van der Waals surface area contributed by atoms with E-state index in [9.17, 15) is 4.79 Å². The fraction of sp³-hybridized carbons (Fsp3) is 0.600. The van der Waals surface area contributed by atoms with Crippen LogP contribution in [0, 0.1) is 5.92 Å². The number of piperidine rings is 1. The highest BCUT2D eigenvalue weighted by molar-refractivity contribution is 5.80. The van der Waals surface area contributed by atoms with Gasteiger partial charge in [0.2, 0.25) is 0 Å². The molecule has 0 amide bonds. The Kier molecular flexibility index (Phi) is 8.23. The molecule has 0 atom stereocenters. The summed E-state index contributed by atoms with van der Waals surface area (Å²) in [6.07, 6.45) is 2.41. The average molecular weight is 377 g/mol. The Morgan fingerprint density at radius 1 is 1.19 bits per heavy atom. The fourth-order valence-electron chi connectivity index (χ4n) is 3.25. The molecule has 0 aliphatic carbocycles. The van der Waals surface area contributed by atoms with Gasteiger partial charge < -0.3 is 24.4 Å². The van der Waals surface area contributed by atoms with Crippen LogP contribution in [-0.4, -0.2) is 64.3 Å². The third-order valence-corrected chi connectivity index (χ3v) is 4.77. The number of methoxy groups -OCH3 is 3. The molecule has 27 heavy (non-hydrogen) atoms. The van der Waals surface area contributed by atoms with Crippen molar-refractivity contribution in [2.45, 2.75) is 26.2 Å². The van der Waals surface area contributed by atoms with Gasteiger partial charge in [0.1, 0.15) is 0 Å². The lowest BCUT2D eigenvalue weighted by molar-refractivity contribution is -0.146. The zero-order valence-corrected chi connectivity index (χ0v) is 16.8. The van der Waals surface area contributed by atoms with Crippen molar-refractivity contribution in [1.82, 2.24) is 10.2 Å². The molecule has 0 aromatic heterocycles. The largest absolute Gasteiger partial charge is 0.493 e. The second kappa shape index (κ2) is 10.6. The lowest BCUT2D eigenvalue weighted by atomic mass is 9.97. The van der Waals surface area contributed by atoms with Crippen LogP contribution in [0.5, 0.6) is 11.5 Å². The predicted octanol–water partition coefficient (Wildman–Crippen LogP) is 2.10.